The number of rotatable bonds is 7. The first-order valence-corrected chi connectivity index (χ1v) is 14.5. The van der Waals surface area contributed by atoms with E-state index in [1.807, 2.05) is 18.2 Å². The Balaban J connectivity index is 1.34. The van der Waals surface area contributed by atoms with E-state index in [4.69, 9.17) is 16.1 Å². The lowest BCUT2D eigenvalue weighted by atomic mass is 10.0. The van der Waals surface area contributed by atoms with E-state index >= 15 is 0 Å². The third-order valence-electron chi connectivity index (χ3n) is 8.27. The van der Waals surface area contributed by atoms with Gasteiger partial charge in [0, 0.05) is 55.8 Å². The molecule has 6 rings (SSSR count). The van der Waals surface area contributed by atoms with Crippen LogP contribution in [0.3, 0.4) is 0 Å². The minimum absolute atomic E-state index is 0.0409. The number of nitrogens with two attached hydrogens (primary N) is 1. The second-order valence-corrected chi connectivity index (χ2v) is 11.5. The van der Waals surface area contributed by atoms with Crippen molar-refractivity contribution in [2.24, 2.45) is 10.7 Å². The number of carboxylic acids is 1. The zero-order valence-electron chi connectivity index (χ0n) is 23.7. The predicted octanol–water partition coefficient (Wildman–Crippen LogP) is 5.41. The molecule has 9 nitrogen and oxygen atoms in total. The number of nitrogen functional groups attached to an aromatic ring is 1. The van der Waals surface area contributed by atoms with Gasteiger partial charge in [-0.05, 0) is 59.9 Å². The number of amidine groups is 2. The number of likely N-dealkylation sites (tertiary alicyclic amines) is 1. The third kappa shape index (κ3) is 5.36. The zero-order chi connectivity index (χ0) is 28.7. The van der Waals surface area contributed by atoms with Gasteiger partial charge in [-0.1, -0.05) is 38.1 Å². The Kier molecular flexibility index (Phi) is 7.11. The lowest BCUT2D eigenvalue weighted by Crippen LogP contribution is -2.41. The minimum atomic E-state index is -0.977. The van der Waals surface area contributed by atoms with Gasteiger partial charge in [0.05, 0.1) is 16.9 Å². The van der Waals surface area contributed by atoms with Crippen molar-refractivity contribution in [3.8, 4) is 0 Å². The molecule has 9 heteroatoms. The summed E-state index contributed by atoms with van der Waals surface area (Å²) in [6.45, 7) is 7.59. The molecule has 3 heterocycles. The van der Waals surface area contributed by atoms with Crippen LogP contribution in [0.25, 0.3) is 21.8 Å². The van der Waals surface area contributed by atoms with Crippen molar-refractivity contribution in [3.05, 3.63) is 71.0 Å². The highest BCUT2D eigenvalue weighted by atomic mass is 16.4. The van der Waals surface area contributed by atoms with Crippen LogP contribution in [0.4, 0.5) is 5.69 Å². The summed E-state index contributed by atoms with van der Waals surface area (Å²) in [5.41, 5.74) is 9.84. The monoisotopic (exact) mass is 551 g/mol. The van der Waals surface area contributed by atoms with Crippen molar-refractivity contribution in [2.45, 2.75) is 58.0 Å². The Labute approximate surface area is 239 Å². The van der Waals surface area contributed by atoms with Crippen LogP contribution in [-0.4, -0.2) is 62.9 Å². The second-order valence-electron chi connectivity index (χ2n) is 11.5. The number of anilines is 1. The fourth-order valence-electron chi connectivity index (χ4n) is 6.14. The summed E-state index contributed by atoms with van der Waals surface area (Å²) in [6, 6.07) is 16.1. The Bertz CT molecular complexity index is 1680. The van der Waals surface area contributed by atoms with Crippen molar-refractivity contribution in [3.63, 3.8) is 0 Å². The number of carboxylic acid groups (broad SMARTS) is 1. The molecular weight excluding hydrogens is 514 g/mol. The number of aliphatic imine (C=N–C) groups is 1. The van der Waals surface area contributed by atoms with Crippen LogP contribution in [0, 0.1) is 5.41 Å². The van der Waals surface area contributed by atoms with Crippen molar-refractivity contribution in [1.82, 2.24) is 14.5 Å². The molecule has 0 aliphatic carbocycles. The summed E-state index contributed by atoms with van der Waals surface area (Å²) in [6.07, 6.45) is 4.19. The Morgan fingerprint density at radius 3 is 2.59 bits per heavy atom. The van der Waals surface area contributed by atoms with Crippen LogP contribution in [-0.2, 0) is 6.54 Å². The number of aromatic carboxylic acids is 1. The number of hydrogen-bond acceptors (Lipinski definition) is 6. The summed E-state index contributed by atoms with van der Waals surface area (Å²) >= 11 is 0. The van der Waals surface area contributed by atoms with Crippen molar-refractivity contribution < 1.29 is 9.90 Å². The van der Waals surface area contributed by atoms with E-state index in [-0.39, 0.29) is 23.4 Å². The summed E-state index contributed by atoms with van der Waals surface area (Å²) in [5, 5.41) is 23.7. The predicted molar refractivity (Wildman–Crippen MR) is 165 cm³/mol. The maximum absolute atomic E-state index is 12.4. The van der Waals surface area contributed by atoms with E-state index in [0.29, 0.717) is 17.6 Å². The van der Waals surface area contributed by atoms with Gasteiger partial charge in [-0.15, -0.1) is 0 Å². The second kappa shape index (κ2) is 10.9. The molecule has 0 amide bonds. The number of aromatic nitrogens is 2. The van der Waals surface area contributed by atoms with Crippen LogP contribution in [0.2, 0.25) is 0 Å². The van der Waals surface area contributed by atoms with Gasteiger partial charge in [0.1, 0.15) is 17.2 Å². The molecule has 0 saturated carbocycles. The first-order chi connectivity index (χ1) is 19.8. The molecule has 1 fully saturated rings. The molecule has 2 aliphatic heterocycles. The summed E-state index contributed by atoms with van der Waals surface area (Å²) < 4.78 is 2.15. The topological polar surface area (TPSA) is 133 Å². The highest BCUT2D eigenvalue weighted by Crippen LogP contribution is 2.31. The van der Waals surface area contributed by atoms with Crippen molar-refractivity contribution >= 4 is 45.1 Å². The number of fused-ring (bicyclic) bond motifs is 2. The molecule has 3 aromatic carbocycles. The quantitative estimate of drug-likeness (QED) is 0.179. The van der Waals surface area contributed by atoms with Crippen molar-refractivity contribution in [1.29, 1.82) is 5.41 Å². The van der Waals surface area contributed by atoms with Gasteiger partial charge >= 0.3 is 5.97 Å². The lowest BCUT2D eigenvalue weighted by Gasteiger charge is -2.34. The molecule has 212 valence electrons. The number of carbonyl (C=O) groups is 1. The zero-order valence-corrected chi connectivity index (χ0v) is 23.7. The van der Waals surface area contributed by atoms with Crippen LogP contribution in [0.5, 0.6) is 0 Å². The van der Waals surface area contributed by atoms with Gasteiger partial charge in [0.15, 0.2) is 0 Å². The van der Waals surface area contributed by atoms with E-state index in [0.717, 1.165) is 78.7 Å². The van der Waals surface area contributed by atoms with Crippen LogP contribution in [0.1, 0.15) is 72.8 Å². The maximum Gasteiger partial charge on any atom is 0.338 e. The van der Waals surface area contributed by atoms with Gasteiger partial charge in [0.2, 0.25) is 0 Å². The molecule has 1 aromatic heterocycles. The SMILES string of the molecule is CC(C)c1nc2c(C(=O)O)cc(NC3CCN(C4=NCCC4)CC3)cc2n1Cc1ccc2ccc(C(=N)N)cc2c1. The summed E-state index contributed by atoms with van der Waals surface area (Å²) in [5.74, 6) is 1.26. The largest absolute Gasteiger partial charge is 0.478 e. The number of piperidine rings is 1. The van der Waals surface area contributed by atoms with E-state index in [1.54, 1.807) is 6.07 Å². The number of nitrogens with zero attached hydrogens (tertiary/aromatic N) is 4. The summed E-state index contributed by atoms with van der Waals surface area (Å²) in [4.78, 5) is 24.3. The average molecular weight is 552 g/mol. The van der Waals surface area contributed by atoms with Crippen LogP contribution >= 0.6 is 0 Å². The minimum Gasteiger partial charge on any atom is -0.478 e. The standard InChI is InChI=1S/C32H37N7O2/c1-19(2)31-37-29-26(32(40)41)16-25(36-24-9-12-38(13-10-24)28-4-3-11-35-28)17-27(29)39(31)18-20-5-6-21-7-8-22(30(33)34)15-23(21)14-20/h5-8,14-17,19,24,36H,3-4,9-13,18H2,1-2H3,(H3,33,34)(H,40,41). The van der Waals surface area contributed by atoms with Crippen LogP contribution in [0.15, 0.2) is 53.5 Å². The third-order valence-corrected chi connectivity index (χ3v) is 8.27. The van der Waals surface area contributed by atoms with E-state index in [2.05, 4.69) is 57.9 Å². The van der Waals surface area contributed by atoms with Gasteiger partial charge in [-0.2, -0.15) is 0 Å². The molecule has 0 radical (unpaired) electrons. The molecule has 4 aromatic rings. The smallest absolute Gasteiger partial charge is 0.338 e. The lowest BCUT2D eigenvalue weighted by molar-refractivity contribution is 0.0699. The van der Waals surface area contributed by atoms with E-state index in [1.165, 1.54) is 5.84 Å². The highest BCUT2D eigenvalue weighted by Gasteiger charge is 2.25. The number of benzene rings is 3. The fourth-order valence-corrected chi connectivity index (χ4v) is 6.14. The Hall–Kier alpha value is -4.40. The van der Waals surface area contributed by atoms with Gasteiger partial charge in [-0.3, -0.25) is 10.4 Å². The van der Waals surface area contributed by atoms with Crippen LogP contribution < -0.4 is 11.1 Å². The number of imidazole rings is 1. The number of nitrogens with one attached hydrogen (secondary N) is 2. The summed E-state index contributed by atoms with van der Waals surface area (Å²) in [7, 11) is 0. The Morgan fingerprint density at radius 1 is 1.12 bits per heavy atom. The van der Waals surface area contributed by atoms with Gasteiger partial charge in [0.25, 0.3) is 0 Å². The first-order valence-electron chi connectivity index (χ1n) is 14.5. The first kappa shape index (κ1) is 26.8. The average Bonchev–Trinajstić information content (AvgIpc) is 3.62. The van der Waals surface area contributed by atoms with Gasteiger partial charge < -0.3 is 25.6 Å². The molecule has 41 heavy (non-hydrogen) atoms. The van der Waals surface area contributed by atoms with Crippen molar-refractivity contribution in [2.75, 3.05) is 25.0 Å². The molecular formula is C32H37N7O2. The van der Waals surface area contributed by atoms with E-state index in [9.17, 15) is 9.90 Å². The molecule has 0 atom stereocenters. The van der Waals surface area contributed by atoms with Gasteiger partial charge in [-0.25, -0.2) is 9.78 Å². The molecule has 5 N–H and O–H groups in total. The normalized spacial score (nSPS) is 16.1. The molecule has 0 unspecified atom stereocenters. The fraction of sp³-hybridized carbons (Fsp3) is 0.375. The Morgan fingerprint density at radius 2 is 1.90 bits per heavy atom. The number of hydrogen-bond donors (Lipinski definition) is 4. The highest BCUT2D eigenvalue weighted by molar-refractivity contribution is 6.03. The maximum atomic E-state index is 12.4. The van der Waals surface area contributed by atoms with E-state index < -0.39 is 5.97 Å². The molecule has 2 aliphatic rings. The molecule has 0 spiro atoms. The molecule has 0 bridgehead atoms. The molecule has 1 saturated heterocycles.